The maximum Gasteiger partial charge on any atom is 0.414 e. The molecule has 2 aromatic rings. The maximum absolute atomic E-state index is 12.7. The number of hydrogen-bond acceptors (Lipinski definition) is 5. The third-order valence-corrected chi connectivity index (χ3v) is 4.47. The molecule has 27 heavy (non-hydrogen) atoms. The summed E-state index contributed by atoms with van der Waals surface area (Å²) in [5.41, 5.74) is 3.52. The van der Waals surface area contributed by atoms with Gasteiger partial charge in [-0.15, -0.1) is 0 Å². The molecule has 0 aliphatic carbocycles. The number of aryl methyl sites for hydroxylation is 1. The first kappa shape index (κ1) is 18.8. The number of fused-ring (bicyclic) bond motifs is 1. The standard InChI is InChI=1S/C21H24N2O4/c1-3-26-19(24)14-22-12-13-23(20-16(2)8-7-11-18(20)22)21(25)27-15-17-9-5-4-6-10-17/h4-11H,3,12-15H2,1-2H3. The van der Waals surface area contributed by atoms with Crippen LogP contribution in [0.1, 0.15) is 18.1 Å². The highest BCUT2D eigenvalue weighted by atomic mass is 16.6. The van der Waals surface area contributed by atoms with Gasteiger partial charge in [0.2, 0.25) is 0 Å². The number of esters is 1. The monoisotopic (exact) mass is 368 g/mol. The van der Waals surface area contributed by atoms with Gasteiger partial charge in [-0.3, -0.25) is 9.69 Å². The van der Waals surface area contributed by atoms with E-state index in [2.05, 4.69) is 0 Å². The zero-order valence-electron chi connectivity index (χ0n) is 15.7. The van der Waals surface area contributed by atoms with Crippen molar-refractivity contribution in [3.8, 4) is 0 Å². The predicted molar refractivity (Wildman–Crippen MR) is 104 cm³/mol. The lowest BCUT2D eigenvalue weighted by atomic mass is 10.1. The van der Waals surface area contributed by atoms with Crippen molar-refractivity contribution >= 4 is 23.4 Å². The van der Waals surface area contributed by atoms with Gasteiger partial charge in [-0.2, -0.15) is 0 Å². The Kier molecular flexibility index (Phi) is 5.96. The summed E-state index contributed by atoms with van der Waals surface area (Å²) in [5, 5.41) is 0. The van der Waals surface area contributed by atoms with Gasteiger partial charge in [0.15, 0.2) is 0 Å². The zero-order valence-corrected chi connectivity index (χ0v) is 15.7. The fraction of sp³-hybridized carbons (Fsp3) is 0.333. The number of carbonyl (C=O) groups is 2. The highest BCUT2D eigenvalue weighted by Crippen LogP contribution is 2.36. The van der Waals surface area contributed by atoms with Crippen LogP contribution in [0.2, 0.25) is 0 Å². The summed E-state index contributed by atoms with van der Waals surface area (Å²) in [5.74, 6) is -0.273. The number of nitrogens with zero attached hydrogens (tertiary/aromatic N) is 2. The molecule has 1 aliphatic rings. The molecule has 0 bridgehead atoms. The normalized spacial score (nSPS) is 13.1. The van der Waals surface area contributed by atoms with Crippen LogP contribution in [0.3, 0.4) is 0 Å². The molecule has 1 amide bonds. The SMILES string of the molecule is CCOC(=O)CN1CCN(C(=O)OCc2ccccc2)c2c(C)cccc21. The first-order valence-corrected chi connectivity index (χ1v) is 9.08. The molecule has 1 aliphatic heterocycles. The van der Waals surface area contributed by atoms with E-state index in [0.717, 1.165) is 22.5 Å². The first-order chi connectivity index (χ1) is 13.1. The number of anilines is 2. The van der Waals surface area contributed by atoms with Crippen molar-refractivity contribution < 1.29 is 19.1 Å². The highest BCUT2D eigenvalue weighted by Gasteiger charge is 2.30. The van der Waals surface area contributed by atoms with Crippen LogP contribution in [0, 0.1) is 6.92 Å². The molecule has 0 saturated carbocycles. The minimum atomic E-state index is -0.384. The lowest BCUT2D eigenvalue weighted by Gasteiger charge is -2.37. The largest absolute Gasteiger partial charge is 0.465 e. The summed E-state index contributed by atoms with van der Waals surface area (Å²) in [6.07, 6.45) is -0.384. The van der Waals surface area contributed by atoms with Crippen molar-refractivity contribution in [2.75, 3.05) is 36.0 Å². The molecule has 0 N–H and O–H groups in total. The second-order valence-corrected chi connectivity index (χ2v) is 6.36. The van der Waals surface area contributed by atoms with E-state index in [1.807, 2.05) is 60.4 Å². The first-order valence-electron chi connectivity index (χ1n) is 9.08. The molecule has 0 unspecified atom stereocenters. The second kappa shape index (κ2) is 8.58. The molecule has 0 fully saturated rings. The van der Waals surface area contributed by atoms with E-state index in [9.17, 15) is 9.59 Å². The van der Waals surface area contributed by atoms with Crippen molar-refractivity contribution in [1.29, 1.82) is 0 Å². The van der Waals surface area contributed by atoms with Crippen molar-refractivity contribution in [3.63, 3.8) is 0 Å². The number of para-hydroxylation sites is 1. The fourth-order valence-electron chi connectivity index (χ4n) is 3.21. The lowest BCUT2D eigenvalue weighted by molar-refractivity contribution is -0.141. The third-order valence-electron chi connectivity index (χ3n) is 4.47. The Balaban J connectivity index is 1.77. The minimum Gasteiger partial charge on any atom is -0.465 e. The van der Waals surface area contributed by atoms with Gasteiger partial charge in [0.25, 0.3) is 0 Å². The van der Waals surface area contributed by atoms with E-state index < -0.39 is 0 Å². The molecule has 0 atom stereocenters. The Morgan fingerprint density at radius 3 is 2.52 bits per heavy atom. The Morgan fingerprint density at radius 1 is 1.00 bits per heavy atom. The summed E-state index contributed by atoms with van der Waals surface area (Å²) < 4.78 is 10.6. The number of hydrogen-bond donors (Lipinski definition) is 0. The smallest absolute Gasteiger partial charge is 0.414 e. The van der Waals surface area contributed by atoms with Gasteiger partial charge < -0.3 is 14.4 Å². The van der Waals surface area contributed by atoms with Crippen LogP contribution in [-0.4, -0.2) is 38.3 Å². The minimum absolute atomic E-state index is 0.164. The predicted octanol–water partition coefficient (Wildman–Crippen LogP) is 3.52. The topological polar surface area (TPSA) is 59.1 Å². The number of amides is 1. The van der Waals surface area contributed by atoms with Crippen molar-refractivity contribution in [3.05, 3.63) is 59.7 Å². The van der Waals surface area contributed by atoms with Crippen LogP contribution in [0.15, 0.2) is 48.5 Å². The van der Waals surface area contributed by atoms with Crippen LogP contribution in [0.25, 0.3) is 0 Å². The average molecular weight is 368 g/mol. The summed E-state index contributed by atoms with van der Waals surface area (Å²) in [6, 6.07) is 15.4. The summed E-state index contributed by atoms with van der Waals surface area (Å²) in [6.45, 7) is 5.47. The van der Waals surface area contributed by atoms with E-state index in [4.69, 9.17) is 9.47 Å². The van der Waals surface area contributed by atoms with Gasteiger partial charge in [-0.05, 0) is 31.0 Å². The Bertz CT molecular complexity index is 807. The van der Waals surface area contributed by atoms with E-state index in [0.29, 0.717) is 19.7 Å². The van der Waals surface area contributed by atoms with Crippen molar-refractivity contribution in [2.24, 2.45) is 0 Å². The molecule has 142 valence electrons. The maximum atomic E-state index is 12.7. The number of benzene rings is 2. The highest BCUT2D eigenvalue weighted by molar-refractivity contribution is 5.95. The molecular formula is C21H24N2O4. The van der Waals surface area contributed by atoms with E-state index >= 15 is 0 Å². The lowest BCUT2D eigenvalue weighted by Crippen LogP contribution is -2.46. The Hall–Kier alpha value is -3.02. The van der Waals surface area contributed by atoms with Crippen LogP contribution in [-0.2, 0) is 20.9 Å². The van der Waals surface area contributed by atoms with Crippen molar-refractivity contribution in [2.45, 2.75) is 20.5 Å². The molecule has 0 aromatic heterocycles. The van der Waals surface area contributed by atoms with Gasteiger partial charge in [0.1, 0.15) is 13.2 Å². The molecule has 0 spiro atoms. The summed E-state index contributed by atoms with van der Waals surface area (Å²) in [7, 11) is 0. The number of ether oxygens (including phenoxy) is 2. The van der Waals surface area contributed by atoms with Crippen molar-refractivity contribution in [1.82, 2.24) is 0 Å². The summed E-state index contributed by atoms with van der Waals surface area (Å²) >= 11 is 0. The van der Waals surface area contributed by atoms with Gasteiger partial charge in [-0.25, -0.2) is 4.79 Å². The molecule has 2 aromatic carbocycles. The zero-order chi connectivity index (χ0) is 19.2. The molecule has 3 rings (SSSR count). The molecule has 6 heteroatoms. The van der Waals surface area contributed by atoms with Crippen LogP contribution >= 0.6 is 0 Å². The van der Waals surface area contributed by atoms with Crippen LogP contribution in [0.4, 0.5) is 16.2 Å². The van der Waals surface area contributed by atoms with Gasteiger partial charge in [0.05, 0.1) is 18.0 Å². The average Bonchev–Trinajstić information content (AvgIpc) is 2.68. The molecule has 0 saturated heterocycles. The van der Waals surface area contributed by atoms with Gasteiger partial charge in [0, 0.05) is 13.1 Å². The molecule has 1 heterocycles. The van der Waals surface area contributed by atoms with Gasteiger partial charge in [-0.1, -0.05) is 42.5 Å². The number of rotatable bonds is 5. The third kappa shape index (κ3) is 4.39. The number of carbonyl (C=O) groups excluding carboxylic acids is 2. The quantitative estimate of drug-likeness (QED) is 0.756. The molecular weight excluding hydrogens is 344 g/mol. The summed E-state index contributed by atoms with van der Waals surface area (Å²) in [4.78, 5) is 28.2. The Morgan fingerprint density at radius 2 is 1.78 bits per heavy atom. The Labute approximate surface area is 159 Å². The van der Waals surface area contributed by atoms with E-state index in [1.54, 1.807) is 11.8 Å². The molecule has 0 radical (unpaired) electrons. The molecule has 6 nitrogen and oxygen atoms in total. The van der Waals surface area contributed by atoms with E-state index in [1.165, 1.54) is 0 Å². The second-order valence-electron chi connectivity index (χ2n) is 6.36. The van der Waals surface area contributed by atoms with Crippen LogP contribution in [0.5, 0.6) is 0 Å². The van der Waals surface area contributed by atoms with Crippen LogP contribution < -0.4 is 9.80 Å². The van der Waals surface area contributed by atoms with Gasteiger partial charge >= 0.3 is 12.1 Å². The van der Waals surface area contributed by atoms with E-state index in [-0.39, 0.29) is 25.2 Å². The fourth-order valence-corrected chi connectivity index (χ4v) is 3.21.